The number of halogens is 1. The highest BCUT2D eigenvalue weighted by atomic mass is 35.5. The number of anilines is 1. The number of Topliss-reactive ketones (excluding diaryl/α,β-unsaturated/α-hetero) is 1. The van der Waals surface area contributed by atoms with Crippen LogP contribution in [-0.2, 0) is 11.3 Å². The van der Waals surface area contributed by atoms with E-state index in [4.69, 9.17) is 11.6 Å². The van der Waals surface area contributed by atoms with Crippen LogP contribution in [-0.4, -0.2) is 11.7 Å². The first-order valence-electron chi connectivity index (χ1n) is 6.28. The van der Waals surface area contributed by atoms with E-state index < -0.39 is 11.7 Å². The Morgan fingerprint density at radius 1 is 1.05 bits per heavy atom. The monoisotopic (exact) mass is 285 g/mol. The fourth-order valence-electron chi connectivity index (χ4n) is 2.33. The molecule has 20 heavy (non-hydrogen) atoms. The van der Waals surface area contributed by atoms with Gasteiger partial charge in [-0.25, -0.2) is 0 Å². The van der Waals surface area contributed by atoms with Crippen LogP contribution in [0.1, 0.15) is 21.5 Å². The van der Waals surface area contributed by atoms with Gasteiger partial charge >= 0.3 is 0 Å². The molecule has 0 aliphatic carbocycles. The lowest BCUT2D eigenvalue weighted by Gasteiger charge is -2.16. The first-order chi connectivity index (χ1) is 9.58. The summed E-state index contributed by atoms with van der Waals surface area (Å²) in [5, 5.41) is 0.326. The minimum Gasteiger partial charge on any atom is -0.300 e. The lowest BCUT2D eigenvalue weighted by molar-refractivity contribution is -0.114. The first kappa shape index (κ1) is 12.9. The highest BCUT2D eigenvalue weighted by molar-refractivity contribution is 6.55. The maximum absolute atomic E-state index is 12.1. The van der Waals surface area contributed by atoms with Crippen LogP contribution in [0.5, 0.6) is 0 Å². The Morgan fingerprint density at radius 2 is 1.75 bits per heavy atom. The average molecular weight is 286 g/mol. The van der Waals surface area contributed by atoms with E-state index in [0.717, 1.165) is 11.1 Å². The van der Waals surface area contributed by atoms with Crippen LogP contribution in [0.15, 0.2) is 42.5 Å². The number of hydrogen-bond acceptors (Lipinski definition) is 2. The molecule has 0 spiro atoms. The third-order valence-corrected chi connectivity index (χ3v) is 3.73. The van der Waals surface area contributed by atoms with Crippen LogP contribution in [0.4, 0.5) is 5.69 Å². The number of carbonyl (C=O) groups excluding carboxylic acids is 2. The Kier molecular flexibility index (Phi) is 3.07. The number of hydrogen-bond donors (Lipinski definition) is 0. The number of nitrogens with zero attached hydrogens (tertiary/aromatic N) is 1. The number of fused-ring (bicyclic) bond motifs is 1. The fraction of sp³-hybridized carbons (Fsp3) is 0.125. The Balaban J connectivity index is 1.99. The van der Waals surface area contributed by atoms with E-state index in [9.17, 15) is 9.59 Å². The van der Waals surface area contributed by atoms with Crippen molar-refractivity contribution in [2.45, 2.75) is 13.5 Å². The molecule has 2 aromatic rings. The zero-order chi connectivity index (χ0) is 14.3. The molecule has 0 atom stereocenters. The minimum atomic E-state index is -0.530. The van der Waals surface area contributed by atoms with Crippen molar-refractivity contribution in [1.29, 1.82) is 0 Å². The molecule has 0 saturated carbocycles. The van der Waals surface area contributed by atoms with Crippen molar-refractivity contribution in [2.24, 2.45) is 0 Å². The van der Waals surface area contributed by atoms with Gasteiger partial charge in [-0.15, -0.1) is 0 Å². The largest absolute Gasteiger partial charge is 0.300 e. The molecule has 1 heterocycles. The summed E-state index contributed by atoms with van der Waals surface area (Å²) in [6.45, 7) is 2.38. The molecule has 1 aliphatic heterocycles. The number of benzene rings is 2. The second-order valence-electron chi connectivity index (χ2n) is 4.84. The number of ketones is 1. The molecule has 3 rings (SSSR count). The van der Waals surface area contributed by atoms with Crippen LogP contribution in [0.25, 0.3) is 0 Å². The van der Waals surface area contributed by atoms with E-state index in [-0.39, 0.29) is 0 Å². The molecule has 0 radical (unpaired) electrons. The van der Waals surface area contributed by atoms with Gasteiger partial charge in [0.2, 0.25) is 0 Å². The van der Waals surface area contributed by atoms with E-state index in [1.165, 1.54) is 4.90 Å². The number of aryl methyl sites for hydroxylation is 1. The van der Waals surface area contributed by atoms with E-state index in [1.54, 1.807) is 18.2 Å². The normalized spacial score (nSPS) is 13.8. The molecule has 1 aliphatic rings. The predicted octanol–water partition coefficient (Wildman–Crippen LogP) is 3.38. The van der Waals surface area contributed by atoms with Gasteiger partial charge in [0.25, 0.3) is 11.7 Å². The van der Waals surface area contributed by atoms with Crippen molar-refractivity contribution in [2.75, 3.05) is 4.90 Å². The second-order valence-corrected chi connectivity index (χ2v) is 5.25. The van der Waals surface area contributed by atoms with E-state index in [2.05, 4.69) is 0 Å². The van der Waals surface area contributed by atoms with Gasteiger partial charge in [-0.2, -0.15) is 0 Å². The molecule has 0 fully saturated rings. The highest BCUT2D eigenvalue weighted by Gasteiger charge is 2.37. The summed E-state index contributed by atoms with van der Waals surface area (Å²) < 4.78 is 0. The van der Waals surface area contributed by atoms with Gasteiger partial charge in [-0.05, 0) is 24.6 Å². The molecular weight excluding hydrogens is 274 g/mol. The molecular formula is C16H12ClNO2. The molecule has 0 aromatic heterocycles. The smallest absolute Gasteiger partial charge is 0.299 e. The standard InChI is InChI=1S/C16H12ClNO2/c1-10-5-7-11(8-6-10)9-18-13-4-2-3-12(17)14(13)15(19)16(18)20/h2-8H,9H2,1H3. The zero-order valence-electron chi connectivity index (χ0n) is 10.9. The van der Waals surface area contributed by atoms with E-state index in [0.29, 0.717) is 22.8 Å². The first-order valence-corrected chi connectivity index (χ1v) is 6.66. The summed E-state index contributed by atoms with van der Waals surface area (Å²) in [4.78, 5) is 25.6. The van der Waals surface area contributed by atoms with Gasteiger partial charge in [-0.1, -0.05) is 47.5 Å². The molecule has 100 valence electrons. The number of carbonyl (C=O) groups is 2. The number of amides is 1. The molecule has 0 bridgehead atoms. The summed E-state index contributed by atoms with van der Waals surface area (Å²) >= 11 is 6.02. The number of rotatable bonds is 2. The Labute approximate surface area is 121 Å². The molecule has 0 saturated heterocycles. The predicted molar refractivity (Wildman–Crippen MR) is 78.2 cm³/mol. The minimum absolute atomic E-state index is 0.311. The summed E-state index contributed by atoms with van der Waals surface area (Å²) in [6, 6.07) is 13.0. The topological polar surface area (TPSA) is 37.4 Å². The second kappa shape index (κ2) is 4.76. The van der Waals surface area contributed by atoms with Gasteiger partial charge in [-0.3, -0.25) is 9.59 Å². The highest BCUT2D eigenvalue weighted by Crippen LogP contribution is 2.34. The van der Waals surface area contributed by atoms with Crippen molar-refractivity contribution in [3.63, 3.8) is 0 Å². The Bertz CT molecular complexity index is 707. The van der Waals surface area contributed by atoms with E-state index in [1.807, 2.05) is 31.2 Å². The molecule has 2 aromatic carbocycles. The molecule has 0 N–H and O–H groups in total. The van der Waals surface area contributed by atoms with Crippen LogP contribution in [0.3, 0.4) is 0 Å². The maximum atomic E-state index is 12.1. The van der Waals surface area contributed by atoms with Crippen LogP contribution < -0.4 is 4.90 Å². The summed E-state index contributed by atoms with van der Waals surface area (Å²) in [7, 11) is 0. The van der Waals surface area contributed by atoms with Crippen LogP contribution >= 0.6 is 11.6 Å². The quantitative estimate of drug-likeness (QED) is 0.793. The average Bonchev–Trinajstić information content (AvgIpc) is 2.67. The lowest BCUT2D eigenvalue weighted by atomic mass is 10.1. The Morgan fingerprint density at radius 3 is 2.45 bits per heavy atom. The fourth-order valence-corrected chi connectivity index (χ4v) is 2.59. The SMILES string of the molecule is Cc1ccc(CN2C(=O)C(=O)c3c(Cl)cccc32)cc1. The van der Waals surface area contributed by atoms with Gasteiger partial charge in [0.05, 0.1) is 22.8 Å². The van der Waals surface area contributed by atoms with Crippen molar-refractivity contribution in [3.05, 3.63) is 64.2 Å². The Hall–Kier alpha value is -2.13. The third kappa shape index (κ3) is 2.00. The lowest BCUT2D eigenvalue weighted by Crippen LogP contribution is -2.29. The molecule has 3 nitrogen and oxygen atoms in total. The van der Waals surface area contributed by atoms with Crippen LogP contribution in [0.2, 0.25) is 5.02 Å². The van der Waals surface area contributed by atoms with E-state index >= 15 is 0 Å². The summed E-state index contributed by atoms with van der Waals surface area (Å²) in [5.74, 6) is -1.05. The third-order valence-electron chi connectivity index (χ3n) is 3.41. The van der Waals surface area contributed by atoms with Gasteiger partial charge in [0.15, 0.2) is 0 Å². The van der Waals surface area contributed by atoms with Gasteiger partial charge < -0.3 is 4.90 Å². The summed E-state index contributed by atoms with van der Waals surface area (Å²) in [6.07, 6.45) is 0. The van der Waals surface area contributed by atoms with Gasteiger partial charge in [0.1, 0.15) is 0 Å². The molecule has 4 heteroatoms. The molecule has 0 unspecified atom stereocenters. The molecule has 1 amide bonds. The van der Waals surface area contributed by atoms with Crippen molar-refractivity contribution < 1.29 is 9.59 Å². The van der Waals surface area contributed by atoms with Gasteiger partial charge in [0, 0.05) is 0 Å². The van der Waals surface area contributed by atoms with Crippen molar-refractivity contribution in [3.8, 4) is 0 Å². The zero-order valence-corrected chi connectivity index (χ0v) is 11.6. The summed E-state index contributed by atoms with van der Waals surface area (Å²) in [5.41, 5.74) is 3.03. The van der Waals surface area contributed by atoms with Crippen molar-refractivity contribution >= 4 is 29.0 Å². The van der Waals surface area contributed by atoms with Crippen molar-refractivity contribution in [1.82, 2.24) is 0 Å². The van der Waals surface area contributed by atoms with Crippen LogP contribution in [0, 0.1) is 6.92 Å². The maximum Gasteiger partial charge on any atom is 0.299 e.